The number of hydrogen-bond donors (Lipinski definition) is 0. The quantitative estimate of drug-likeness (QED) is 0.677. The van der Waals surface area contributed by atoms with E-state index in [-0.39, 0.29) is 0 Å². The number of hydrogen-bond acceptors (Lipinski definition) is 2. The van der Waals surface area contributed by atoms with E-state index >= 15 is 0 Å². The standard InChI is InChI=1S/C16H10N2/c17-11-16-14-7-3-1-5-12(14)9-10-13-6-2-4-8-15(13)18-16/h1-10H/b10-9-,12-9?,13-10?,16-14?,18-15?,18-16?. The van der Waals surface area contributed by atoms with Crippen LogP contribution in [0, 0.1) is 11.3 Å². The molecule has 0 radical (unpaired) electrons. The first-order valence-electron chi connectivity index (χ1n) is 5.74. The third kappa shape index (κ3) is 1.72. The van der Waals surface area contributed by atoms with Gasteiger partial charge in [0, 0.05) is 11.1 Å². The molecule has 0 unspecified atom stereocenters. The van der Waals surface area contributed by atoms with Gasteiger partial charge >= 0.3 is 0 Å². The molecule has 0 atom stereocenters. The number of nitrogens with zero attached hydrogens (tertiary/aromatic N) is 2. The minimum Gasteiger partial charge on any atom is -0.236 e. The molecule has 0 N–H and O–H groups in total. The third-order valence-corrected chi connectivity index (χ3v) is 2.93. The van der Waals surface area contributed by atoms with E-state index in [1.165, 1.54) is 0 Å². The molecule has 0 amide bonds. The average molecular weight is 230 g/mol. The van der Waals surface area contributed by atoms with E-state index in [1.54, 1.807) is 0 Å². The lowest BCUT2D eigenvalue weighted by molar-refractivity contribution is 1.45. The molecule has 2 aromatic rings. The van der Waals surface area contributed by atoms with Crippen molar-refractivity contribution in [3.05, 3.63) is 65.2 Å². The molecule has 0 aromatic heterocycles. The van der Waals surface area contributed by atoms with Gasteiger partial charge in [-0.2, -0.15) is 5.26 Å². The van der Waals surface area contributed by atoms with Gasteiger partial charge in [0.05, 0.1) is 5.69 Å². The van der Waals surface area contributed by atoms with E-state index in [4.69, 9.17) is 0 Å². The molecule has 2 nitrogen and oxygen atoms in total. The van der Waals surface area contributed by atoms with Crippen LogP contribution in [-0.4, -0.2) is 5.71 Å². The molecular formula is C16H10N2. The van der Waals surface area contributed by atoms with Crippen molar-refractivity contribution in [2.75, 3.05) is 0 Å². The van der Waals surface area contributed by atoms with E-state index in [1.807, 2.05) is 60.7 Å². The summed E-state index contributed by atoms with van der Waals surface area (Å²) in [6.45, 7) is 0. The van der Waals surface area contributed by atoms with Crippen LogP contribution in [0.25, 0.3) is 12.2 Å². The predicted molar refractivity (Wildman–Crippen MR) is 73.6 cm³/mol. The topological polar surface area (TPSA) is 36.1 Å². The van der Waals surface area contributed by atoms with Crippen molar-refractivity contribution in [1.82, 2.24) is 0 Å². The van der Waals surface area contributed by atoms with Crippen molar-refractivity contribution >= 4 is 23.6 Å². The Bertz CT molecular complexity index is 703. The Morgan fingerprint density at radius 1 is 0.833 bits per heavy atom. The van der Waals surface area contributed by atoms with Crippen molar-refractivity contribution in [2.45, 2.75) is 0 Å². The Morgan fingerprint density at radius 2 is 1.50 bits per heavy atom. The van der Waals surface area contributed by atoms with Crippen LogP contribution in [0.5, 0.6) is 0 Å². The zero-order valence-electron chi connectivity index (χ0n) is 9.67. The second kappa shape index (κ2) is 4.31. The van der Waals surface area contributed by atoms with E-state index in [2.05, 4.69) is 11.1 Å². The van der Waals surface area contributed by atoms with E-state index in [0.29, 0.717) is 5.71 Å². The Hall–Kier alpha value is -2.66. The molecule has 1 heterocycles. The summed E-state index contributed by atoms with van der Waals surface area (Å²) in [5, 5.41) is 9.28. The normalized spacial score (nSPS) is 14.3. The van der Waals surface area contributed by atoms with Crippen LogP contribution in [0.4, 0.5) is 5.69 Å². The van der Waals surface area contributed by atoms with Gasteiger partial charge in [0.15, 0.2) is 0 Å². The van der Waals surface area contributed by atoms with E-state index in [9.17, 15) is 5.26 Å². The van der Waals surface area contributed by atoms with Crippen LogP contribution in [0.1, 0.15) is 16.7 Å². The van der Waals surface area contributed by atoms with Gasteiger partial charge in [-0.05, 0) is 11.6 Å². The summed E-state index contributed by atoms with van der Waals surface area (Å²) in [5.41, 5.74) is 4.22. The summed E-state index contributed by atoms with van der Waals surface area (Å²) in [6.07, 6.45) is 4.06. The molecule has 0 bridgehead atoms. The molecule has 1 aliphatic heterocycles. The first kappa shape index (κ1) is 10.5. The van der Waals surface area contributed by atoms with E-state index < -0.39 is 0 Å². The summed E-state index contributed by atoms with van der Waals surface area (Å²) < 4.78 is 0. The zero-order chi connectivity index (χ0) is 12.4. The molecule has 2 aromatic carbocycles. The average Bonchev–Trinajstić information content (AvgIpc) is 2.41. The van der Waals surface area contributed by atoms with Gasteiger partial charge in [0.25, 0.3) is 0 Å². The highest BCUT2D eigenvalue weighted by Crippen LogP contribution is 2.26. The largest absolute Gasteiger partial charge is 0.236 e. The van der Waals surface area contributed by atoms with Gasteiger partial charge < -0.3 is 0 Å². The molecule has 18 heavy (non-hydrogen) atoms. The van der Waals surface area contributed by atoms with Gasteiger partial charge in [0.2, 0.25) is 0 Å². The van der Waals surface area contributed by atoms with Crippen molar-refractivity contribution < 1.29 is 0 Å². The molecule has 0 spiro atoms. The van der Waals surface area contributed by atoms with Crippen LogP contribution in [0.3, 0.4) is 0 Å². The number of aliphatic imine (C=N–C) groups is 1. The van der Waals surface area contributed by atoms with Crippen molar-refractivity contribution in [1.29, 1.82) is 5.26 Å². The van der Waals surface area contributed by atoms with Gasteiger partial charge in [-0.25, -0.2) is 4.99 Å². The minimum atomic E-state index is 0.461. The monoisotopic (exact) mass is 230 g/mol. The highest BCUT2D eigenvalue weighted by Gasteiger charge is 2.10. The molecule has 0 aliphatic carbocycles. The second-order valence-electron chi connectivity index (χ2n) is 4.05. The summed E-state index contributed by atoms with van der Waals surface area (Å²) in [5.74, 6) is 0. The maximum Gasteiger partial charge on any atom is 0.148 e. The van der Waals surface area contributed by atoms with Gasteiger partial charge in [-0.1, -0.05) is 54.6 Å². The SMILES string of the molecule is N#CC1=Nc2ccccc2/C=C\c2ccccc21. The lowest BCUT2D eigenvalue weighted by atomic mass is 10.00. The second-order valence-corrected chi connectivity index (χ2v) is 4.05. The van der Waals surface area contributed by atoms with Crippen LogP contribution in [0.15, 0.2) is 53.5 Å². The zero-order valence-corrected chi connectivity index (χ0v) is 9.67. The Labute approximate surface area is 106 Å². The Kier molecular flexibility index (Phi) is 2.51. The molecular weight excluding hydrogens is 220 g/mol. The number of benzene rings is 2. The Balaban J connectivity index is 2.29. The highest BCUT2D eigenvalue weighted by atomic mass is 14.8. The number of fused-ring (bicyclic) bond motifs is 2. The molecule has 0 fully saturated rings. The number of nitriles is 1. The third-order valence-electron chi connectivity index (χ3n) is 2.93. The summed E-state index contributed by atoms with van der Waals surface area (Å²) >= 11 is 0. The van der Waals surface area contributed by atoms with Gasteiger partial charge in [-0.15, -0.1) is 0 Å². The fourth-order valence-corrected chi connectivity index (χ4v) is 2.03. The van der Waals surface area contributed by atoms with Crippen LogP contribution >= 0.6 is 0 Å². The smallest absolute Gasteiger partial charge is 0.148 e. The number of rotatable bonds is 0. The lowest BCUT2D eigenvalue weighted by Gasteiger charge is -2.09. The predicted octanol–water partition coefficient (Wildman–Crippen LogP) is 3.81. The fraction of sp³-hybridized carbons (Fsp3) is 0. The van der Waals surface area contributed by atoms with Crippen LogP contribution in [0.2, 0.25) is 0 Å². The number of para-hydroxylation sites is 1. The van der Waals surface area contributed by atoms with Crippen molar-refractivity contribution in [3.8, 4) is 6.07 Å². The minimum absolute atomic E-state index is 0.461. The lowest BCUT2D eigenvalue weighted by Crippen LogP contribution is -2.01. The molecule has 1 aliphatic rings. The van der Waals surface area contributed by atoms with Crippen molar-refractivity contribution in [2.24, 2.45) is 4.99 Å². The summed E-state index contributed by atoms with van der Waals surface area (Å²) in [7, 11) is 0. The van der Waals surface area contributed by atoms with Crippen LogP contribution in [-0.2, 0) is 0 Å². The van der Waals surface area contributed by atoms with Crippen LogP contribution < -0.4 is 0 Å². The molecule has 84 valence electrons. The summed E-state index contributed by atoms with van der Waals surface area (Å²) in [4.78, 5) is 4.46. The van der Waals surface area contributed by atoms with E-state index in [0.717, 1.165) is 22.4 Å². The first-order valence-corrected chi connectivity index (χ1v) is 5.74. The summed E-state index contributed by atoms with van der Waals surface area (Å²) in [6, 6.07) is 17.8. The highest BCUT2D eigenvalue weighted by molar-refractivity contribution is 6.15. The fourth-order valence-electron chi connectivity index (χ4n) is 2.03. The van der Waals surface area contributed by atoms with Gasteiger partial charge in [0.1, 0.15) is 11.8 Å². The maximum atomic E-state index is 9.28. The van der Waals surface area contributed by atoms with Crippen molar-refractivity contribution in [3.63, 3.8) is 0 Å². The van der Waals surface area contributed by atoms with Gasteiger partial charge in [-0.3, -0.25) is 0 Å². The first-order chi connectivity index (χ1) is 8.88. The maximum absolute atomic E-state index is 9.28. The molecule has 2 heteroatoms. The molecule has 3 rings (SSSR count). The Morgan fingerprint density at radius 3 is 2.33 bits per heavy atom. The molecule has 0 saturated carbocycles. The molecule has 0 saturated heterocycles.